The Kier molecular flexibility index (Phi) is 6.58. The van der Waals surface area contributed by atoms with Crippen LogP contribution in [0.3, 0.4) is 0 Å². The van der Waals surface area contributed by atoms with Crippen molar-refractivity contribution >= 4 is 50.0 Å². The number of nitrogens with zero attached hydrogens (tertiary/aromatic N) is 4. The van der Waals surface area contributed by atoms with E-state index in [1.54, 1.807) is 13.8 Å². The first kappa shape index (κ1) is 23.4. The van der Waals surface area contributed by atoms with Gasteiger partial charge in [0.2, 0.25) is 5.91 Å². The van der Waals surface area contributed by atoms with Gasteiger partial charge in [-0.3, -0.25) is 18.7 Å². The SMILES string of the molecule is CC1CCN(c2nc3c(s2)c(=O)n(C(C)C)c(=O)n3CC(=O)Nc2ccc(F)c(Cl)c2)CC1. The molecule has 0 spiro atoms. The lowest BCUT2D eigenvalue weighted by Crippen LogP contribution is -2.42. The number of carbonyl (C=O) groups excluding carboxylic acids is 1. The molecule has 0 aliphatic carbocycles. The van der Waals surface area contributed by atoms with E-state index in [-0.39, 0.29) is 23.3 Å². The smallest absolute Gasteiger partial charge is 0.333 e. The molecule has 0 bridgehead atoms. The van der Waals surface area contributed by atoms with Crippen LogP contribution in [0.15, 0.2) is 27.8 Å². The molecule has 3 aromatic rings. The van der Waals surface area contributed by atoms with Gasteiger partial charge in [0.05, 0.1) is 5.02 Å². The molecule has 1 aromatic carbocycles. The molecule has 3 heterocycles. The molecule has 0 unspecified atom stereocenters. The van der Waals surface area contributed by atoms with E-state index in [1.807, 2.05) is 0 Å². The second-order valence-corrected chi connectivity index (χ2v) is 10.0. The van der Waals surface area contributed by atoms with Gasteiger partial charge in [-0.05, 0) is 50.8 Å². The maximum absolute atomic E-state index is 13.4. The number of piperidine rings is 1. The molecule has 1 amide bonds. The maximum atomic E-state index is 13.4. The van der Waals surface area contributed by atoms with E-state index in [0.717, 1.165) is 36.6 Å². The number of rotatable bonds is 5. The molecule has 0 saturated carbocycles. The zero-order valence-electron chi connectivity index (χ0n) is 18.6. The van der Waals surface area contributed by atoms with Crippen LogP contribution in [-0.4, -0.2) is 33.1 Å². The number of fused-ring (bicyclic) bond motifs is 1. The van der Waals surface area contributed by atoms with Gasteiger partial charge in [0.15, 0.2) is 10.8 Å². The van der Waals surface area contributed by atoms with E-state index in [4.69, 9.17) is 11.6 Å². The minimum atomic E-state index is -0.598. The summed E-state index contributed by atoms with van der Waals surface area (Å²) in [5, 5.41) is 3.17. The average molecular weight is 494 g/mol. The summed E-state index contributed by atoms with van der Waals surface area (Å²) in [4.78, 5) is 45.8. The van der Waals surface area contributed by atoms with E-state index in [0.29, 0.717) is 21.4 Å². The largest absolute Gasteiger partial charge is 0.348 e. The second-order valence-electron chi connectivity index (χ2n) is 8.63. The zero-order chi connectivity index (χ0) is 23.9. The number of amides is 1. The normalized spacial score (nSPS) is 14.9. The Morgan fingerprint density at radius 2 is 2.00 bits per heavy atom. The Hall–Kier alpha value is -2.72. The van der Waals surface area contributed by atoms with Gasteiger partial charge >= 0.3 is 5.69 Å². The summed E-state index contributed by atoms with van der Waals surface area (Å²) in [6.07, 6.45) is 2.06. The fraction of sp³-hybridized carbons (Fsp3) is 0.455. The van der Waals surface area contributed by atoms with Crippen LogP contribution in [0.4, 0.5) is 15.2 Å². The van der Waals surface area contributed by atoms with Gasteiger partial charge in [-0.15, -0.1) is 0 Å². The van der Waals surface area contributed by atoms with Crippen LogP contribution in [0.5, 0.6) is 0 Å². The van der Waals surface area contributed by atoms with Crippen molar-refractivity contribution in [2.45, 2.75) is 46.2 Å². The molecular weight excluding hydrogens is 469 g/mol. The number of aromatic nitrogens is 3. The first-order valence-corrected chi connectivity index (χ1v) is 12.0. The topological polar surface area (TPSA) is 89.2 Å². The van der Waals surface area contributed by atoms with Gasteiger partial charge in [-0.2, -0.15) is 0 Å². The molecule has 1 N–H and O–H groups in total. The Morgan fingerprint density at radius 3 is 2.64 bits per heavy atom. The first-order valence-electron chi connectivity index (χ1n) is 10.8. The van der Waals surface area contributed by atoms with Crippen molar-refractivity contribution in [2.24, 2.45) is 5.92 Å². The van der Waals surface area contributed by atoms with E-state index in [1.165, 1.54) is 28.0 Å². The highest BCUT2D eigenvalue weighted by Crippen LogP contribution is 2.29. The van der Waals surface area contributed by atoms with Crippen LogP contribution in [-0.2, 0) is 11.3 Å². The second kappa shape index (κ2) is 9.26. The molecule has 4 rings (SSSR count). The summed E-state index contributed by atoms with van der Waals surface area (Å²) < 4.78 is 16.1. The van der Waals surface area contributed by atoms with Crippen molar-refractivity contribution in [3.63, 3.8) is 0 Å². The lowest BCUT2D eigenvalue weighted by atomic mass is 10.00. The lowest BCUT2D eigenvalue weighted by Gasteiger charge is -2.29. The highest BCUT2D eigenvalue weighted by Gasteiger charge is 2.24. The number of nitrogens with one attached hydrogen (secondary N) is 1. The molecule has 8 nitrogen and oxygen atoms in total. The fourth-order valence-corrected chi connectivity index (χ4v) is 5.13. The number of hydrogen-bond acceptors (Lipinski definition) is 6. The summed E-state index contributed by atoms with van der Waals surface area (Å²) in [7, 11) is 0. The predicted octanol–water partition coefficient (Wildman–Crippen LogP) is 3.87. The van der Waals surface area contributed by atoms with Crippen molar-refractivity contribution in [3.8, 4) is 0 Å². The van der Waals surface area contributed by atoms with Gasteiger partial charge in [0, 0.05) is 24.8 Å². The van der Waals surface area contributed by atoms with Gasteiger partial charge in [-0.1, -0.05) is 29.9 Å². The third kappa shape index (κ3) is 4.67. The molecule has 11 heteroatoms. The average Bonchev–Trinajstić information content (AvgIpc) is 3.20. The molecular formula is C22H25ClFN5O3S. The van der Waals surface area contributed by atoms with Crippen LogP contribution >= 0.6 is 22.9 Å². The highest BCUT2D eigenvalue weighted by molar-refractivity contribution is 7.22. The monoisotopic (exact) mass is 493 g/mol. The standard InChI is InChI=1S/C22H25ClFN5O3S/c1-12(2)29-20(31)18-19(26-21(33-18)27-8-6-13(3)7-9-27)28(22(29)32)11-17(30)25-14-4-5-16(24)15(23)10-14/h4-5,10,12-13H,6-9,11H2,1-3H3,(H,25,30). The van der Waals surface area contributed by atoms with E-state index in [9.17, 15) is 18.8 Å². The number of hydrogen-bond donors (Lipinski definition) is 1. The van der Waals surface area contributed by atoms with Crippen molar-refractivity contribution in [1.82, 2.24) is 14.1 Å². The minimum Gasteiger partial charge on any atom is -0.348 e. The summed E-state index contributed by atoms with van der Waals surface area (Å²) >= 11 is 7.04. The Morgan fingerprint density at radius 1 is 1.30 bits per heavy atom. The van der Waals surface area contributed by atoms with E-state index in [2.05, 4.69) is 22.1 Å². The molecule has 176 valence electrons. The number of thiazole rings is 1. The van der Waals surface area contributed by atoms with Crippen LogP contribution in [0, 0.1) is 11.7 Å². The van der Waals surface area contributed by atoms with Crippen LogP contribution in [0.1, 0.15) is 39.7 Å². The highest BCUT2D eigenvalue weighted by atomic mass is 35.5. The van der Waals surface area contributed by atoms with Gasteiger partial charge in [0.1, 0.15) is 17.1 Å². The molecule has 0 radical (unpaired) electrons. The molecule has 33 heavy (non-hydrogen) atoms. The Bertz CT molecular complexity index is 1320. The predicted molar refractivity (Wildman–Crippen MR) is 129 cm³/mol. The third-order valence-corrected chi connectivity index (χ3v) is 7.16. The molecule has 1 aliphatic rings. The van der Waals surface area contributed by atoms with Crippen LogP contribution in [0.2, 0.25) is 5.02 Å². The van der Waals surface area contributed by atoms with E-state index >= 15 is 0 Å². The zero-order valence-corrected chi connectivity index (χ0v) is 20.2. The van der Waals surface area contributed by atoms with Gasteiger partial charge in [-0.25, -0.2) is 14.2 Å². The summed E-state index contributed by atoms with van der Waals surface area (Å²) in [5.41, 5.74) is -0.498. The number of halogens is 2. The van der Waals surface area contributed by atoms with Crippen molar-refractivity contribution in [3.05, 3.63) is 49.9 Å². The van der Waals surface area contributed by atoms with Crippen molar-refractivity contribution < 1.29 is 9.18 Å². The minimum absolute atomic E-state index is 0.124. The third-order valence-electron chi connectivity index (χ3n) is 5.78. The van der Waals surface area contributed by atoms with Crippen molar-refractivity contribution in [2.75, 3.05) is 23.3 Å². The maximum Gasteiger partial charge on any atom is 0.333 e. The van der Waals surface area contributed by atoms with Gasteiger partial charge in [0.25, 0.3) is 5.56 Å². The van der Waals surface area contributed by atoms with Crippen LogP contribution < -0.4 is 21.5 Å². The summed E-state index contributed by atoms with van der Waals surface area (Å²) in [6, 6.07) is 3.43. The molecule has 0 atom stereocenters. The van der Waals surface area contributed by atoms with Gasteiger partial charge < -0.3 is 10.2 Å². The molecule has 1 aliphatic heterocycles. The quantitative estimate of drug-likeness (QED) is 0.583. The van der Waals surface area contributed by atoms with Crippen molar-refractivity contribution in [1.29, 1.82) is 0 Å². The number of benzene rings is 1. The molecule has 2 aromatic heterocycles. The summed E-state index contributed by atoms with van der Waals surface area (Å²) in [6.45, 7) is 7.00. The van der Waals surface area contributed by atoms with Crippen LogP contribution in [0.25, 0.3) is 10.3 Å². The summed E-state index contributed by atoms with van der Waals surface area (Å²) in [5.74, 6) is -0.481. The number of carbonyl (C=O) groups is 1. The fourth-order valence-electron chi connectivity index (χ4n) is 3.89. The molecule has 1 fully saturated rings. The van der Waals surface area contributed by atoms with E-state index < -0.39 is 23.0 Å². The molecule has 1 saturated heterocycles. The lowest BCUT2D eigenvalue weighted by molar-refractivity contribution is -0.116. The Balaban J connectivity index is 1.73. The number of anilines is 2. The Labute approximate surface area is 198 Å². The first-order chi connectivity index (χ1) is 15.7.